The van der Waals surface area contributed by atoms with Crippen molar-refractivity contribution in [3.05, 3.63) is 17.6 Å². The summed E-state index contributed by atoms with van der Waals surface area (Å²) in [5.41, 5.74) is 1.05. The van der Waals surface area contributed by atoms with Gasteiger partial charge in [0, 0.05) is 30.1 Å². The molecule has 1 saturated heterocycles. The number of thioether (sulfide) groups is 1. The van der Waals surface area contributed by atoms with Gasteiger partial charge in [-0.2, -0.15) is 11.8 Å². The highest BCUT2D eigenvalue weighted by Crippen LogP contribution is 2.26. The average Bonchev–Trinajstić information content (AvgIpc) is 2.63. The molecule has 0 aromatic carbocycles. The lowest BCUT2D eigenvalue weighted by molar-refractivity contribution is 0.745. The van der Waals surface area contributed by atoms with E-state index in [1.54, 1.807) is 0 Å². The second-order valence-electron chi connectivity index (χ2n) is 4.68. The maximum atomic E-state index is 5.99. The number of halogens is 1. The number of aryl methyl sites for hydroxylation is 1. The first-order chi connectivity index (χ1) is 8.74. The van der Waals surface area contributed by atoms with Crippen LogP contribution in [0.25, 0.3) is 0 Å². The summed E-state index contributed by atoms with van der Waals surface area (Å²) in [6, 6.07) is 0. The Morgan fingerprint density at radius 1 is 1.44 bits per heavy atom. The third-order valence-corrected chi connectivity index (χ3v) is 4.84. The van der Waals surface area contributed by atoms with Crippen LogP contribution in [0, 0.1) is 6.92 Å². The molecule has 1 aliphatic rings. The maximum Gasteiger partial charge on any atom is 0.136 e. The van der Waals surface area contributed by atoms with Crippen molar-refractivity contribution in [3.63, 3.8) is 0 Å². The molecule has 0 bridgehead atoms. The van der Waals surface area contributed by atoms with Gasteiger partial charge >= 0.3 is 0 Å². The summed E-state index contributed by atoms with van der Waals surface area (Å²) in [5, 5.41) is 0.789. The van der Waals surface area contributed by atoms with Crippen molar-refractivity contribution in [2.75, 3.05) is 24.2 Å². The first-order valence-corrected chi connectivity index (χ1v) is 8.23. The van der Waals surface area contributed by atoms with Gasteiger partial charge in [-0.05, 0) is 32.4 Å². The summed E-state index contributed by atoms with van der Waals surface area (Å²) in [5.74, 6) is 2.35. The fourth-order valence-corrected chi connectivity index (χ4v) is 3.30. The van der Waals surface area contributed by atoms with Crippen LogP contribution in [-0.4, -0.2) is 34.6 Å². The van der Waals surface area contributed by atoms with Gasteiger partial charge in [0.1, 0.15) is 11.6 Å². The van der Waals surface area contributed by atoms with E-state index in [0.717, 1.165) is 35.5 Å². The van der Waals surface area contributed by atoms with Crippen molar-refractivity contribution < 1.29 is 0 Å². The van der Waals surface area contributed by atoms with Gasteiger partial charge in [0.05, 0.1) is 5.88 Å². The van der Waals surface area contributed by atoms with E-state index in [-0.39, 0.29) is 0 Å². The van der Waals surface area contributed by atoms with E-state index >= 15 is 0 Å². The lowest BCUT2D eigenvalue weighted by Gasteiger charge is -2.23. The minimum atomic E-state index is 0.484. The molecule has 1 atom stereocenters. The summed E-state index contributed by atoms with van der Waals surface area (Å²) in [6.45, 7) is 4.09. The molecule has 18 heavy (non-hydrogen) atoms. The Bertz CT molecular complexity index is 400. The number of hydrogen-bond donors (Lipinski definition) is 0. The van der Waals surface area contributed by atoms with Crippen LogP contribution >= 0.6 is 23.4 Å². The van der Waals surface area contributed by atoms with Gasteiger partial charge in [-0.1, -0.05) is 0 Å². The van der Waals surface area contributed by atoms with Crippen LogP contribution in [0.15, 0.2) is 6.20 Å². The molecule has 1 aliphatic heterocycles. The van der Waals surface area contributed by atoms with Crippen LogP contribution in [0.2, 0.25) is 0 Å². The van der Waals surface area contributed by atoms with Crippen LogP contribution in [0.3, 0.4) is 0 Å². The normalized spacial score (nSPS) is 20.8. The monoisotopic (exact) mass is 285 g/mol. The number of alkyl halides is 1. The van der Waals surface area contributed by atoms with Gasteiger partial charge in [0.25, 0.3) is 0 Å². The lowest BCUT2D eigenvalue weighted by Crippen LogP contribution is -2.27. The number of anilines is 1. The van der Waals surface area contributed by atoms with Crippen LogP contribution in [0.5, 0.6) is 0 Å². The molecule has 0 radical (unpaired) electrons. The van der Waals surface area contributed by atoms with Crippen molar-refractivity contribution in [1.82, 2.24) is 9.97 Å². The van der Waals surface area contributed by atoms with E-state index in [2.05, 4.69) is 21.1 Å². The van der Waals surface area contributed by atoms with Crippen molar-refractivity contribution in [2.24, 2.45) is 0 Å². The smallest absolute Gasteiger partial charge is 0.136 e. The molecule has 1 aromatic rings. The zero-order chi connectivity index (χ0) is 13.0. The zero-order valence-electron chi connectivity index (χ0n) is 11.0. The Morgan fingerprint density at radius 3 is 3.00 bits per heavy atom. The largest absolute Gasteiger partial charge is 0.356 e. The number of aromatic nitrogens is 2. The molecule has 5 heteroatoms. The van der Waals surface area contributed by atoms with Crippen molar-refractivity contribution in [1.29, 1.82) is 0 Å². The van der Waals surface area contributed by atoms with Crippen LogP contribution < -0.4 is 4.90 Å². The predicted molar refractivity (Wildman–Crippen MR) is 79.7 cm³/mol. The third kappa shape index (κ3) is 3.29. The molecule has 0 amide bonds. The van der Waals surface area contributed by atoms with Gasteiger partial charge in [-0.3, -0.25) is 0 Å². The SMILES string of the molecule is CSC1CCCN(c2nc(C)ncc2CCl)CC1. The Hall–Kier alpha value is -0.480. The molecule has 0 N–H and O–H groups in total. The maximum absolute atomic E-state index is 5.99. The average molecular weight is 286 g/mol. The third-order valence-electron chi connectivity index (χ3n) is 3.41. The molecule has 0 saturated carbocycles. The minimum absolute atomic E-state index is 0.484. The standard InChI is InChI=1S/C13H20ClN3S/c1-10-15-9-11(8-14)13(16-10)17-6-3-4-12(18-2)5-7-17/h9,12H,3-8H2,1-2H3. The Morgan fingerprint density at radius 2 is 2.28 bits per heavy atom. The van der Waals surface area contributed by atoms with E-state index < -0.39 is 0 Å². The summed E-state index contributed by atoms with van der Waals surface area (Å²) in [7, 11) is 0. The first-order valence-electron chi connectivity index (χ1n) is 6.41. The molecule has 0 aliphatic carbocycles. The second-order valence-corrected chi connectivity index (χ2v) is 6.08. The topological polar surface area (TPSA) is 29.0 Å². The fourth-order valence-electron chi connectivity index (χ4n) is 2.36. The van der Waals surface area contributed by atoms with Crippen LogP contribution in [-0.2, 0) is 5.88 Å². The van der Waals surface area contributed by atoms with Gasteiger partial charge < -0.3 is 4.90 Å². The predicted octanol–water partition coefficient (Wildman–Crippen LogP) is 3.25. The van der Waals surface area contributed by atoms with Gasteiger partial charge in [0.15, 0.2) is 0 Å². The van der Waals surface area contributed by atoms with Crippen molar-refractivity contribution >= 4 is 29.2 Å². The van der Waals surface area contributed by atoms with E-state index in [4.69, 9.17) is 11.6 Å². The first kappa shape index (κ1) is 13.9. The minimum Gasteiger partial charge on any atom is -0.356 e. The highest BCUT2D eigenvalue weighted by atomic mass is 35.5. The summed E-state index contributed by atoms with van der Waals surface area (Å²) >= 11 is 7.97. The number of nitrogens with zero attached hydrogens (tertiary/aromatic N) is 3. The zero-order valence-corrected chi connectivity index (χ0v) is 12.6. The quantitative estimate of drug-likeness (QED) is 0.797. The van der Waals surface area contributed by atoms with E-state index in [9.17, 15) is 0 Å². The number of hydrogen-bond acceptors (Lipinski definition) is 4. The Labute approximate surface area is 118 Å². The molecule has 1 fully saturated rings. The second kappa shape index (κ2) is 6.62. The van der Waals surface area contributed by atoms with E-state index in [1.807, 2.05) is 24.9 Å². The molecule has 3 nitrogen and oxygen atoms in total. The van der Waals surface area contributed by atoms with Gasteiger partial charge in [-0.15, -0.1) is 11.6 Å². The van der Waals surface area contributed by atoms with Crippen molar-refractivity contribution in [3.8, 4) is 0 Å². The lowest BCUT2D eigenvalue weighted by atomic mass is 10.2. The molecule has 2 heterocycles. The highest BCUT2D eigenvalue weighted by molar-refractivity contribution is 7.99. The summed E-state index contributed by atoms with van der Waals surface area (Å²) in [6.07, 6.45) is 7.83. The molecule has 100 valence electrons. The van der Waals surface area contributed by atoms with E-state index in [1.165, 1.54) is 19.3 Å². The van der Waals surface area contributed by atoms with Crippen LogP contribution in [0.1, 0.15) is 30.7 Å². The molecule has 2 rings (SSSR count). The highest BCUT2D eigenvalue weighted by Gasteiger charge is 2.19. The Balaban J connectivity index is 2.17. The Kier molecular flexibility index (Phi) is 5.13. The van der Waals surface area contributed by atoms with Gasteiger partial charge in [-0.25, -0.2) is 9.97 Å². The molecular formula is C13H20ClN3S. The molecule has 0 spiro atoms. The summed E-state index contributed by atoms with van der Waals surface area (Å²) in [4.78, 5) is 11.2. The molecular weight excluding hydrogens is 266 g/mol. The molecule has 1 unspecified atom stereocenters. The molecule has 1 aromatic heterocycles. The fraction of sp³-hybridized carbons (Fsp3) is 0.692. The number of rotatable bonds is 3. The van der Waals surface area contributed by atoms with Gasteiger partial charge in [0.2, 0.25) is 0 Å². The van der Waals surface area contributed by atoms with Crippen LogP contribution in [0.4, 0.5) is 5.82 Å². The van der Waals surface area contributed by atoms with Crippen molar-refractivity contribution in [2.45, 2.75) is 37.3 Å². The summed E-state index contributed by atoms with van der Waals surface area (Å²) < 4.78 is 0. The van der Waals surface area contributed by atoms with E-state index in [0.29, 0.717) is 5.88 Å².